The van der Waals surface area contributed by atoms with E-state index in [1.807, 2.05) is 19.9 Å². The second-order valence-electron chi connectivity index (χ2n) is 4.04. The van der Waals surface area contributed by atoms with Gasteiger partial charge in [0.05, 0.1) is 11.5 Å². The van der Waals surface area contributed by atoms with Crippen molar-refractivity contribution in [1.82, 2.24) is 5.16 Å². The Kier molecular flexibility index (Phi) is 3.27. The van der Waals surface area contributed by atoms with E-state index in [2.05, 4.69) is 10.5 Å². The second-order valence-corrected chi connectivity index (χ2v) is 4.04. The van der Waals surface area contributed by atoms with Crippen LogP contribution in [0.5, 0.6) is 0 Å². The van der Waals surface area contributed by atoms with E-state index in [1.54, 1.807) is 6.07 Å². The summed E-state index contributed by atoms with van der Waals surface area (Å²) in [6.07, 6.45) is 0. The molecule has 0 aliphatic rings. The van der Waals surface area contributed by atoms with Crippen LogP contribution >= 0.6 is 0 Å². The molecule has 1 aromatic heterocycles. The summed E-state index contributed by atoms with van der Waals surface area (Å²) in [5.41, 5.74) is 2.56. The van der Waals surface area contributed by atoms with E-state index in [0.29, 0.717) is 6.54 Å². The molecule has 0 aliphatic carbocycles. The van der Waals surface area contributed by atoms with Crippen LogP contribution in [0.1, 0.15) is 17.0 Å². The fourth-order valence-electron chi connectivity index (χ4n) is 1.65. The van der Waals surface area contributed by atoms with Gasteiger partial charge in [0, 0.05) is 23.9 Å². The Bertz CT molecular complexity index is 578. The summed E-state index contributed by atoms with van der Waals surface area (Å²) in [5.74, 6) is 0.757. The summed E-state index contributed by atoms with van der Waals surface area (Å²) < 4.78 is 4.95. The van der Waals surface area contributed by atoms with Gasteiger partial charge in [-0.1, -0.05) is 5.16 Å². The van der Waals surface area contributed by atoms with E-state index in [4.69, 9.17) is 4.52 Å². The summed E-state index contributed by atoms with van der Waals surface area (Å²) >= 11 is 0. The third kappa shape index (κ3) is 2.65. The molecule has 0 radical (unpaired) electrons. The number of nitro benzene ring substituents is 1. The van der Waals surface area contributed by atoms with Crippen LogP contribution in [-0.2, 0) is 6.54 Å². The summed E-state index contributed by atoms with van der Waals surface area (Å²) in [6.45, 7) is 4.17. The molecule has 0 amide bonds. The summed E-state index contributed by atoms with van der Waals surface area (Å²) in [7, 11) is 0. The number of anilines is 1. The number of nitrogens with one attached hydrogen (secondary N) is 1. The number of non-ortho nitro benzene ring substituents is 1. The van der Waals surface area contributed by atoms with Crippen LogP contribution in [0.25, 0.3) is 0 Å². The van der Waals surface area contributed by atoms with Crippen LogP contribution in [0.3, 0.4) is 0 Å². The molecule has 0 spiro atoms. The van der Waals surface area contributed by atoms with E-state index in [-0.39, 0.29) is 5.69 Å². The minimum absolute atomic E-state index is 0.0929. The van der Waals surface area contributed by atoms with E-state index in [1.165, 1.54) is 12.1 Å². The highest BCUT2D eigenvalue weighted by Gasteiger charge is 2.08. The highest BCUT2D eigenvalue weighted by atomic mass is 16.6. The third-order valence-electron chi connectivity index (χ3n) is 2.56. The molecule has 1 aromatic carbocycles. The van der Waals surface area contributed by atoms with Gasteiger partial charge in [-0.3, -0.25) is 10.1 Å². The number of hydrogen-bond acceptors (Lipinski definition) is 5. The van der Waals surface area contributed by atoms with Gasteiger partial charge in [-0.2, -0.15) is 0 Å². The predicted octanol–water partition coefficient (Wildman–Crippen LogP) is 2.81. The van der Waals surface area contributed by atoms with E-state index >= 15 is 0 Å². The Morgan fingerprint density at radius 3 is 2.72 bits per heavy atom. The van der Waals surface area contributed by atoms with Gasteiger partial charge in [0.25, 0.3) is 5.69 Å². The van der Waals surface area contributed by atoms with Gasteiger partial charge in [0.15, 0.2) is 0 Å². The zero-order valence-electron chi connectivity index (χ0n) is 10.1. The van der Waals surface area contributed by atoms with Gasteiger partial charge >= 0.3 is 0 Å². The lowest BCUT2D eigenvalue weighted by Gasteiger charge is -2.07. The Morgan fingerprint density at radius 1 is 1.39 bits per heavy atom. The topological polar surface area (TPSA) is 81.2 Å². The van der Waals surface area contributed by atoms with Crippen LogP contribution in [0.4, 0.5) is 11.4 Å². The molecule has 1 heterocycles. The van der Waals surface area contributed by atoms with Crippen LogP contribution < -0.4 is 5.32 Å². The fraction of sp³-hybridized carbons (Fsp3) is 0.250. The molecular weight excluding hydrogens is 234 g/mol. The lowest BCUT2D eigenvalue weighted by Crippen LogP contribution is -2.01. The van der Waals surface area contributed by atoms with Crippen molar-refractivity contribution in [3.63, 3.8) is 0 Å². The summed E-state index contributed by atoms with van der Waals surface area (Å²) in [5, 5.41) is 17.6. The van der Waals surface area contributed by atoms with Crippen LogP contribution in [-0.4, -0.2) is 10.1 Å². The molecule has 18 heavy (non-hydrogen) atoms. The molecule has 0 unspecified atom stereocenters. The maximum absolute atomic E-state index is 10.6. The van der Waals surface area contributed by atoms with Gasteiger partial charge in [0.1, 0.15) is 11.5 Å². The van der Waals surface area contributed by atoms with E-state index in [9.17, 15) is 10.1 Å². The zero-order chi connectivity index (χ0) is 13.1. The van der Waals surface area contributed by atoms with Crippen LogP contribution in [0.15, 0.2) is 28.8 Å². The highest BCUT2D eigenvalue weighted by molar-refractivity contribution is 5.55. The number of benzene rings is 1. The number of aryl methyl sites for hydroxylation is 2. The monoisotopic (exact) mass is 247 g/mol. The van der Waals surface area contributed by atoms with Crippen molar-refractivity contribution in [2.45, 2.75) is 20.4 Å². The Morgan fingerprint density at radius 2 is 2.17 bits per heavy atom. The minimum Gasteiger partial charge on any atom is -0.379 e. The second kappa shape index (κ2) is 4.87. The molecule has 2 aromatic rings. The normalized spacial score (nSPS) is 10.3. The fourth-order valence-corrected chi connectivity index (χ4v) is 1.65. The third-order valence-corrected chi connectivity index (χ3v) is 2.56. The molecule has 0 atom stereocenters. The molecule has 0 saturated carbocycles. The van der Waals surface area contributed by atoms with Crippen molar-refractivity contribution < 1.29 is 9.45 Å². The molecule has 0 saturated heterocycles. The average molecular weight is 247 g/mol. The smallest absolute Gasteiger partial charge is 0.269 e. The lowest BCUT2D eigenvalue weighted by molar-refractivity contribution is -0.384. The molecule has 2 rings (SSSR count). The van der Waals surface area contributed by atoms with Crippen LogP contribution in [0, 0.1) is 24.0 Å². The first kappa shape index (κ1) is 12.1. The molecule has 6 heteroatoms. The molecule has 0 bridgehead atoms. The number of rotatable bonds is 4. The first-order valence-electron chi connectivity index (χ1n) is 5.47. The van der Waals surface area contributed by atoms with Crippen molar-refractivity contribution in [1.29, 1.82) is 0 Å². The van der Waals surface area contributed by atoms with Crippen LogP contribution in [0.2, 0.25) is 0 Å². The summed E-state index contributed by atoms with van der Waals surface area (Å²) in [4.78, 5) is 10.2. The summed E-state index contributed by atoms with van der Waals surface area (Å²) in [6, 6.07) is 6.55. The lowest BCUT2D eigenvalue weighted by atomic mass is 10.2. The van der Waals surface area contributed by atoms with Crippen molar-refractivity contribution in [3.05, 3.63) is 51.4 Å². The zero-order valence-corrected chi connectivity index (χ0v) is 10.1. The number of nitrogens with zero attached hydrogens (tertiary/aromatic N) is 2. The molecule has 1 N–H and O–H groups in total. The quantitative estimate of drug-likeness (QED) is 0.663. The molecule has 0 fully saturated rings. The standard InChI is InChI=1S/C12H13N3O3/c1-8-5-11(15(16)17)3-4-12(8)13-7-10-6-9(2)18-14-10/h3-6,13H,7H2,1-2H3. The van der Waals surface area contributed by atoms with Crippen molar-refractivity contribution in [2.24, 2.45) is 0 Å². The SMILES string of the molecule is Cc1cc(CNc2ccc([N+](=O)[O-])cc2C)no1. The predicted molar refractivity (Wildman–Crippen MR) is 66.4 cm³/mol. The first-order chi connectivity index (χ1) is 8.56. The Balaban J connectivity index is 2.08. The average Bonchev–Trinajstić information content (AvgIpc) is 2.73. The van der Waals surface area contributed by atoms with E-state index < -0.39 is 4.92 Å². The maximum atomic E-state index is 10.6. The first-order valence-corrected chi connectivity index (χ1v) is 5.47. The number of aromatic nitrogens is 1. The van der Waals surface area contributed by atoms with E-state index in [0.717, 1.165) is 22.7 Å². The Labute approximate surface area is 104 Å². The molecule has 6 nitrogen and oxygen atoms in total. The Hall–Kier alpha value is -2.37. The van der Waals surface area contributed by atoms with Crippen molar-refractivity contribution in [2.75, 3.05) is 5.32 Å². The largest absolute Gasteiger partial charge is 0.379 e. The van der Waals surface area contributed by atoms with Crippen molar-refractivity contribution >= 4 is 11.4 Å². The maximum Gasteiger partial charge on any atom is 0.269 e. The van der Waals surface area contributed by atoms with Gasteiger partial charge in [-0.15, -0.1) is 0 Å². The van der Waals surface area contributed by atoms with Gasteiger partial charge < -0.3 is 9.84 Å². The minimum atomic E-state index is -0.405. The molecule has 94 valence electrons. The number of nitro groups is 1. The molecular formula is C12H13N3O3. The van der Waals surface area contributed by atoms with Gasteiger partial charge in [0.2, 0.25) is 0 Å². The highest BCUT2D eigenvalue weighted by Crippen LogP contribution is 2.21. The van der Waals surface area contributed by atoms with Crippen molar-refractivity contribution in [3.8, 4) is 0 Å². The van der Waals surface area contributed by atoms with Gasteiger partial charge in [-0.05, 0) is 25.5 Å². The van der Waals surface area contributed by atoms with Gasteiger partial charge in [-0.25, -0.2) is 0 Å². The number of hydrogen-bond donors (Lipinski definition) is 1. The molecule has 0 aliphatic heterocycles.